The van der Waals surface area contributed by atoms with Gasteiger partial charge in [0.1, 0.15) is 18.2 Å². The maximum Gasteiger partial charge on any atom is 0.258 e. The second-order valence-corrected chi connectivity index (χ2v) is 9.75. The second kappa shape index (κ2) is 8.53. The number of rotatable bonds is 4. The molecule has 0 aliphatic carbocycles. The van der Waals surface area contributed by atoms with Crippen molar-refractivity contribution in [1.29, 1.82) is 5.41 Å². The number of nitrogens with zero attached hydrogens (tertiary/aromatic N) is 1. The van der Waals surface area contributed by atoms with E-state index in [0.717, 1.165) is 10.8 Å². The van der Waals surface area contributed by atoms with Gasteiger partial charge in [0.05, 0.1) is 17.1 Å². The van der Waals surface area contributed by atoms with E-state index in [4.69, 9.17) is 21.0 Å². The topological polar surface area (TPSA) is 140 Å². The van der Waals surface area contributed by atoms with Gasteiger partial charge in [-0.3, -0.25) is 10.2 Å². The number of hydrogen-bond donors (Lipinski definition) is 3. The van der Waals surface area contributed by atoms with E-state index in [1.165, 1.54) is 6.07 Å². The summed E-state index contributed by atoms with van der Waals surface area (Å²) in [5, 5.41) is 14.8. The molecule has 0 atom stereocenters. The first kappa shape index (κ1) is 22.6. The molecule has 4 aromatic carbocycles. The van der Waals surface area contributed by atoms with Crippen LogP contribution in [0.4, 0.5) is 5.69 Å². The van der Waals surface area contributed by atoms with Gasteiger partial charge in [-0.1, -0.05) is 42.5 Å². The van der Waals surface area contributed by atoms with E-state index in [0.29, 0.717) is 46.8 Å². The molecule has 0 saturated heterocycles. The monoisotopic (exact) mass is 486 g/mol. The van der Waals surface area contributed by atoms with Crippen molar-refractivity contribution in [1.82, 2.24) is 0 Å². The molecule has 0 unspecified atom stereocenters. The van der Waals surface area contributed by atoms with Gasteiger partial charge in [-0.15, -0.1) is 0 Å². The fourth-order valence-corrected chi connectivity index (χ4v) is 5.02. The summed E-state index contributed by atoms with van der Waals surface area (Å²) in [6, 6.07) is 22.5. The van der Waals surface area contributed by atoms with Crippen LogP contribution in [0.5, 0.6) is 5.75 Å². The molecule has 176 valence electrons. The number of nitrogen functional groups attached to an aromatic ring is 1. The van der Waals surface area contributed by atoms with Gasteiger partial charge in [-0.2, -0.15) is 0 Å². The Hall–Kier alpha value is -4.21. The van der Waals surface area contributed by atoms with Crippen LogP contribution in [0.15, 0.2) is 83.8 Å². The highest BCUT2D eigenvalue weighted by atomic mass is 32.2. The number of fused-ring (bicyclic) bond motifs is 2. The molecule has 0 aromatic heterocycles. The molecule has 4 aromatic rings. The van der Waals surface area contributed by atoms with Crippen molar-refractivity contribution in [3.8, 4) is 16.9 Å². The lowest BCUT2D eigenvalue weighted by atomic mass is 10.0. The standard InChI is InChI=1S/C26H22N4O4S/c27-25(28)18-7-5-16-6-8-19(14-20(16)13-18)26(31)30-11-12-34-23-15-17(9-10-22(23)30)21-3-1-2-4-24(21)35(29,32)33/h1-10,13-15H,11-12H2,(H3,27,28)(H2,29,32,33). The maximum absolute atomic E-state index is 13.5. The molecule has 1 aliphatic rings. The maximum atomic E-state index is 13.5. The Morgan fingerprint density at radius 1 is 0.914 bits per heavy atom. The van der Waals surface area contributed by atoms with Crippen molar-refractivity contribution < 1.29 is 17.9 Å². The lowest BCUT2D eigenvalue weighted by Gasteiger charge is -2.30. The number of carbonyl (C=O) groups is 1. The van der Waals surface area contributed by atoms with E-state index in [1.54, 1.807) is 65.6 Å². The number of sulfonamides is 1. The summed E-state index contributed by atoms with van der Waals surface area (Å²) in [6.45, 7) is 0.658. The number of ether oxygens (including phenoxy) is 1. The summed E-state index contributed by atoms with van der Waals surface area (Å²) < 4.78 is 29.9. The van der Waals surface area contributed by atoms with Crippen LogP contribution in [-0.4, -0.2) is 33.3 Å². The minimum Gasteiger partial charge on any atom is -0.490 e. The minimum atomic E-state index is -3.92. The molecule has 1 heterocycles. The van der Waals surface area contributed by atoms with Crippen LogP contribution in [0.3, 0.4) is 0 Å². The van der Waals surface area contributed by atoms with Crippen molar-refractivity contribution in [2.45, 2.75) is 4.90 Å². The molecule has 9 heteroatoms. The van der Waals surface area contributed by atoms with Crippen molar-refractivity contribution in [3.05, 3.63) is 90.0 Å². The van der Waals surface area contributed by atoms with Crippen LogP contribution < -0.4 is 20.5 Å². The summed E-state index contributed by atoms with van der Waals surface area (Å²) >= 11 is 0. The van der Waals surface area contributed by atoms with Crippen molar-refractivity contribution in [2.75, 3.05) is 18.1 Å². The molecule has 0 radical (unpaired) electrons. The molecule has 35 heavy (non-hydrogen) atoms. The molecule has 0 bridgehead atoms. The third-order valence-electron chi connectivity index (χ3n) is 5.97. The predicted molar refractivity (Wildman–Crippen MR) is 135 cm³/mol. The third kappa shape index (κ3) is 4.23. The Kier molecular flexibility index (Phi) is 5.50. The largest absolute Gasteiger partial charge is 0.490 e. The SMILES string of the molecule is N=C(N)c1ccc2ccc(C(=O)N3CCOc4cc(-c5ccccc5S(N)(=O)=O)ccc43)cc2c1. The lowest BCUT2D eigenvalue weighted by Crippen LogP contribution is -2.37. The number of carbonyl (C=O) groups excluding carboxylic acids is 1. The van der Waals surface area contributed by atoms with Crippen LogP contribution in [0.1, 0.15) is 15.9 Å². The third-order valence-corrected chi connectivity index (χ3v) is 6.94. The number of nitrogens with two attached hydrogens (primary N) is 2. The Morgan fingerprint density at radius 2 is 1.63 bits per heavy atom. The number of benzene rings is 4. The zero-order valence-corrected chi connectivity index (χ0v) is 19.4. The van der Waals surface area contributed by atoms with Crippen LogP contribution >= 0.6 is 0 Å². The van der Waals surface area contributed by atoms with Gasteiger partial charge in [0.2, 0.25) is 10.0 Å². The molecule has 0 fully saturated rings. The molecule has 0 spiro atoms. The summed E-state index contributed by atoms with van der Waals surface area (Å²) in [4.78, 5) is 15.1. The fraction of sp³-hybridized carbons (Fsp3) is 0.0769. The molecule has 5 N–H and O–H groups in total. The molecule has 1 amide bonds. The van der Waals surface area contributed by atoms with E-state index < -0.39 is 10.0 Å². The van der Waals surface area contributed by atoms with E-state index in [-0.39, 0.29) is 16.6 Å². The average molecular weight is 487 g/mol. The van der Waals surface area contributed by atoms with E-state index in [1.807, 2.05) is 12.1 Å². The quantitative estimate of drug-likeness (QED) is 0.299. The fourth-order valence-electron chi connectivity index (χ4n) is 4.25. The van der Waals surface area contributed by atoms with Gasteiger partial charge in [0.15, 0.2) is 0 Å². The molecule has 5 rings (SSSR count). The van der Waals surface area contributed by atoms with E-state index in [9.17, 15) is 13.2 Å². The van der Waals surface area contributed by atoms with Crippen molar-refractivity contribution in [3.63, 3.8) is 0 Å². The van der Waals surface area contributed by atoms with Crippen LogP contribution in [0.2, 0.25) is 0 Å². The number of hydrogen-bond acceptors (Lipinski definition) is 5. The van der Waals surface area contributed by atoms with Gasteiger partial charge < -0.3 is 15.4 Å². The first-order chi connectivity index (χ1) is 16.7. The second-order valence-electron chi connectivity index (χ2n) is 8.22. The van der Waals surface area contributed by atoms with Gasteiger partial charge in [0.25, 0.3) is 5.91 Å². The summed E-state index contributed by atoms with van der Waals surface area (Å²) in [5.74, 6) is 0.249. The Balaban J connectivity index is 1.52. The lowest BCUT2D eigenvalue weighted by molar-refractivity contribution is 0.0976. The zero-order chi connectivity index (χ0) is 24.7. The van der Waals surface area contributed by atoms with Crippen LogP contribution in [0.25, 0.3) is 21.9 Å². The predicted octanol–water partition coefficient (Wildman–Crippen LogP) is 3.48. The smallest absolute Gasteiger partial charge is 0.258 e. The molecular formula is C26H22N4O4S. The summed E-state index contributed by atoms with van der Waals surface area (Å²) in [5.41, 5.74) is 8.37. The molecule has 8 nitrogen and oxygen atoms in total. The summed E-state index contributed by atoms with van der Waals surface area (Å²) in [7, 11) is -3.92. The Labute approximate surface area is 202 Å². The van der Waals surface area contributed by atoms with Gasteiger partial charge in [-0.25, -0.2) is 13.6 Å². The van der Waals surface area contributed by atoms with Crippen molar-refractivity contribution in [2.24, 2.45) is 10.9 Å². The molecule has 0 saturated carbocycles. The number of amides is 1. The highest BCUT2D eigenvalue weighted by Crippen LogP contribution is 2.38. The normalized spacial score (nSPS) is 13.2. The highest BCUT2D eigenvalue weighted by Gasteiger charge is 2.26. The average Bonchev–Trinajstić information content (AvgIpc) is 2.86. The number of anilines is 1. The summed E-state index contributed by atoms with van der Waals surface area (Å²) in [6.07, 6.45) is 0. The van der Waals surface area contributed by atoms with Gasteiger partial charge >= 0.3 is 0 Å². The first-order valence-electron chi connectivity index (χ1n) is 10.8. The first-order valence-corrected chi connectivity index (χ1v) is 12.4. The van der Waals surface area contributed by atoms with E-state index in [2.05, 4.69) is 0 Å². The zero-order valence-electron chi connectivity index (χ0n) is 18.6. The van der Waals surface area contributed by atoms with Gasteiger partial charge in [0, 0.05) is 16.7 Å². The Bertz CT molecular complexity index is 1620. The molecule has 1 aliphatic heterocycles. The van der Waals surface area contributed by atoms with E-state index >= 15 is 0 Å². The minimum absolute atomic E-state index is 0.0183. The number of amidine groups is 1. The molecular weight excluding hydrogens is 464 g/mol. The highest BCUT2D eigenvalue weighted by molar-refractivity contribution is 7.89. The van der Waals surface area contributed by atoms with Crippen LogP contribution in [0, 0.1) is 5.41 Å². The van der Waals surface area contributed by atoms with Crippen molar-refractivity contribution >= 4 is 38.2 Å². The van der Waals surface area contributed by atoms with Gasteiger partial charge in [-0.05, 0) is 52.7 Å². The number of primary sulfonamides is 1. The number of nitrogens with one attached hydrogen (secondary N) is 1. The van der Waals surface area contributed by atoms with Crippen LogP contribution in [-0.2, 0) is 10.0 Å². The Morgan fingerprint density at radius 3 is 2.37 bits per heavy atom.